The first-order valence-corrected chi connectivity index (χ1v) is 9.92. The fraction of sp³-hybridized carbons (Fsp3) is 0.125. The number of carbonyl (C=O) groups is 1. The maximum absolute atomic E-state index is 13.0. The quantitative estimate of drug-likeness (QED) is 0.458. The smallest absolute Gasteiger partial charge is 0.252 e. The molecule has 150 valence electrons. The SMILES string of the molecule is Cc1nnc(-c2ccc(C)c(-c3ccccc3C(=O)NCc3ccc(Cl)cc3)c2)o1. The monoisotopic (exact) mass is 417 g/mol. The van der Waals surface area contributed by atoms with Crippen LogP contribution < -0.4 is 5.32 Å². The number of nitrogens with zero attached hydrogens (tertiary/aromatic N) is 2. The van der Waals surface area contributed by atoms with Gasteiger partial charge in [-0.2, -0.15) is 0 Å². The van der Waals surface area contributed by atoms with Gasteiger partial charge in [-0.15, -0.1) is 10.2 Å². The van der Waals surface area contributed by atoms with Gasteiger partial charge in [0.25, 0.3) is 5.91 Å². The lowest BCUT2D eigenvalue weighted by molar-refractivity contribution is 0.0951. The first-order chi connectivity index (χ1) is 14.5. The molecule has 4 aromatic rings. The topological polar surface area (TPSA) is 68.0 Å². The minimum atomic E-state index is -0.140. The van der Waals surface area contributed by atoms with Crippen molar-refractivity contribution in [3.8, 4) is 22.6 Å². The summed E-state index contributed by atoms with van der Waals surface area (Å²) in [5, 5.41) is 11.7. The second-order valence-corrected chi connectivity index (χ2v) is 7.45. The number of halogens is 1. The Morgan fingerprint density at radius 3 is 2.47 bits per heavy atom. The lowest BCUT2D eigenvalue weighted by Gasteiger charge is -2.13. The van der Waals surface area contributed by atoms with Crippen LogP contribution in [0.15, 0.2) is 71.1 Å². The Morgan fingerprint density at radius 2 is 1.73 bits per heavy atom. The van der Waals surface area contributed by atoms with Crippen LogP contribution in [0.1, 0.15) is 27.4 Å². The Balaban J connectivity index is 1.64. The zero-order valence-corrected chi connectivity index (χ0v) is 17.4. The number of carbonyl (C=O) groups excluding carboxylic acids is 1. The third-order valence-corrected chi connectivity index (χ3v) is 5.09. The summed E-state index contributed by atoms with van der Waals surface area (Å²) >= 11 is 5.93. The molecule has 1 aromatic heterocycles. The number of aromatic nitrogens is 2. The molecule has 0 aliphatic heterocycles. The van der Waals surface area contributed by atoms with Gasteiger partial charge in [0.15, 0.2) is 0 Å². The molecule has 1 amide bonds. The molecule has 0 bridgehead atoms. The van der Waals surface area contributed by atoms with Crippen molar-refractivity contribution in [3.05, 3.63) is 94.3 Å². The number of nitrogens with one attached hydrogen (secondary N) is 1. The van der Waals surface area contributed by atoms with Crippen LogP contribution in [0, 0.1) is 13.8 Å². The largest absolute Gasteiger partial charge is 0.421 e. The van der Waals surface area contributed by atoms with E-state index < -0.39 is 0 Å². The number of rotatable bonds is 5. The molecule has 0 unspecified atom stereocenters. The number of hydrogen-bond donors (Lipinski definition) is 1. The molecule has 6 heteroatoms. The van der Waals surface area contributed by atoms with Gasteiger partial charge in [0.05, 0.1) is 0 Å². The molecule has 1 N–H and O–H groups in total. The van der Waals surface area contributed by atoms with Crippen LogP contribution in [0.2, 0.25) is 5.02 Å². The second-order valence-electron chi connectivity index (χ2n) is 7.01. The molecular formula is C24H20ClN3O2. The van der Waals surface area contributed by atoms with Gasteiger partial charge in [-0.3, -0.25) is 4.79 Å². The highest BCUT2D eigenvalue weighted by molar-refractivity contribution is 6.30. The van der Waals surface area contributed by atoms with E-state index in [1.807, 2.05) is 73.7 Å². The van der Waals surface area contributed by atoms with E-state index in [9.17, 15) is 4.79 Å². The molecular weight excluding hydrogens is 398 g/mol. The first kappa shape index (κ1) is 19.9. The average molecular weight is 418 g/mol. The minimum Gasteiger partial charge on any atom is -0.421 e. The van der Waals surface area contributed by atoms with Crippen molar-refractivity contribution in [1.82, 2.24) is 15.5 Å². The molecule has 0 saturated carbocycles. The highest BCUT2D eigenvalue weighted by Crippen LogP contribution is 2.31. The van der Waals surface area contributed by atoms with Gasteiger partial charge < -0.3 is 9.73 Å². The zero-order chi connectivity index (χ0) is 21.1. The molecule has 0 atom stereocenters. The summed E-state index contributed by atoms with van der Waals surface area (Å²) in [6.07, 6.45) is 0. The van der Waals surface area contributed by atoms with Crippen molar-refractivity contribution in [2.24, 2.45) is 0 Å². The van der Waals surface area contributed by atoms with Crippen LogP contribution in [0.3, 0.4) is 0 Å². The highest BCUT2D eigenvalue weighted by atomic mass is 35.5. The van der Waals surface area contributed by atoms with Crippen LogP contribution in [-0.2, 0) is 6.54 Å². The Kier molecular flexibility index (Phi) is 5.63. The van der Waals surface area contributed by atoms with Crippen molar-refractivity contribution in [3.63, 3.8) is 0 Å². The number of amides is 1. The maximum Gasteiger partial charge on any atom is 0.252 e. The van der Waals surface area contributed by atoms with Gasteiger partial charge in [-0.05, 0) is 59.5 Å². The Hall–Kier alpha value is -3.44. The fourth-order valence-corrected chi connectivity index (χ4v) is 3.38. The second kappa shape index (κ2) is 8.51. The minimum absolute atomic E-state index is 0.140. The highest BCUT2D eigenvalue weighted by Gasteiger charge is 2.16. The van der Waals surface area contributed by atoms with E-state index in [0.29, 0.717) is 28.9 Å². The van der Waals surface area contributed by atoms with Crippen LogP contribution in [-0.4, -0.2) is 16.1 Å². The average Bonchev–Trinajstić information content (AvgIpc) is 3.20. The van der Waals surface area contributed by atoms with Gasteiger partial charge in [0, 0.05) is 29.6 Å². The molecule has 0 fully saturated rings. The zero-order valence-electron chi connectivity index (χ0n) is 16.6. The van der Waals surface area contributed by atoms with Gasteiger partial charge in [-0.1, -0.05) is 48.0 Å². The maximum atomic E-state index is 13.0. The third-order valence-electron chi connectivity index (χ3n) is 4.84. The van der Waals surface area contributed by atoms with Crippen molar-refractivity contribution >= 4 is 17.5 Å². The number of benzene rings is 3. The van der Waals surface area contributed by atoms with Crippen molar-refractivity contribution in [2.45, 2.75) is 20.4 Å². The van der Waals surface area contributed by atoms with E-state index in [1.165, 1.54) is 0 Å². The van der Waals surface area contributed by atoms with Gasteiger partial charge in [0.1, 0.15) is 0 Å². The van der Waals surface area contributed by atoms with E-state index in [1.54, 1.807) is 6.92 Å². The Bertz CT molecular complexity index is 1200. The van der Waals surface area contributed by atoms with Gasteiger partial charge in [0.2, 0.25) is 11.8 Å². The first-order valence-electron chi connectivity index (χ1n) is 9.54. The van der Waals surface area contributed by atoms with Crippen molar-refractivity contribution < 1.29 is 9.21 Å². The Morgan fingerprint density at radius 1 is 0.967 bits per heavy atom. The summed E-state index contributed by atoms with van der Waals surface area (Å²) in [4.78, 5) is 13.0. The summed E-state index contributed by atoms with van der Waals surface area (Å²) in [5.41, 5.74) is 5.24. The van der Waals surface area contributed by atoms with Gasteiger partial charge >= 0.3 is 0 Å². The van der Waals surface area contributed by atoms with Crippen LogP contribution in [0.5, 0.6) is 0 Å². The molecule has 0 aliphatic rings. The lowest BCUT2D eigenvalue weighted by Crippen LogP contribution is -2.23. The Labute approximate surface area is 179 Å². The van der Waals surface area contributed by atoms with E-state index in [0.717, 1.165) is 27.8 Å². The van der Waals surface area contributed by atoms with Crippen LogP contribution >= 0.6 is 11.6 Å². The van der Waals surface area contributed by atoms with E-state index in [4.69, 9.17) is 16.0 Å². The molecule has 4 rings (SSSR count). The molecule has 0 radical (unpaired) electrons. The summed E-state index contributed by atoms with van der Waals surface area (Å²) in [5.74, 6) is 0.825. The summed E-state index contributed by atoms with van der Waals surface area (Å²) in [6.45, 7) is 4.19. The van der Waals surface area contributed by atoms with Crippen molar-refractivity contribution in [1.29, 1.82) is 0 Å². The fourth-order valence-electron chi connectivity index (χ4n) is 3.25. The summed E-state index contributed by atoms with van der Waals surface area (Å²) in [7, 11) is 0. The standard InChI is InChI=1S/C24H20ClN3O2/c1-15-7-10-18(24-28-27-16(2)30-24)13-22(15)20-5-3-4-6-21(20)23(29)26-14-17-8-11-19(25)12-9-17/h3-13H,14H2,1-2H3,(H,26,29). The van der Waals surface area contributed by atoms with E-state index >= 15 is 0 Å². The molecule has 30 heavy (non-hydrogen) atoms. The van der Waals surface area contributed by atoms with Crippen LogP contribution in [0.25, 0.3) is 22.6 Å². The number of hydrogen-bond acceptors (Lipinski definition) is 4. The molecule has 0 spiro atoms. The predicted molar refractivity (Wildman–Crippen MR) is 117 cm³/mol. The predicted octanol–water partition coefficient (Wildman–Crippen LogP) is 5.60. The molecule has 3 aromatic carbocycles. The molecule has 5 nitrogen and oxygen atoms in total. The van der Waals surface area contributed by atoms with Crippen LogP contribution in [0.4, 0.5) is 0 Å². The van der Waals surface area contributed by atoms with E-state index in [2.05, 4.69) is 15.5 Å². The third kappa shape index (κ3) is 4.26. The summed E-state index contributed by atoms with van der Waals surface area (Å²) in [6, 6.07) is 20.9. The van der Waals surface area contributed by atoms with Gasteiger partial charge in [-0.25, -0.2) is 0 Å². The lowest BCUT2D eigenvalue weighted by atomic mass is 9.94. The molecule has 0 aliphatic carbocycles. The van der Waals surface area contributed by atoms with E-state index in [-0.39, 0.29) is 5.91 Å². The normalized spacial score (nSPS) is 10.8. The molecule has 1 heterocycles. The molecule has 0 saturated heterocycles. The number of aryl methyl sites for hydroxylation is 2. The van der Waals surface area contributed by atoms with Crippen molar-refractivity contribution in [2.75, 3.05) is 0 Å². The summed E-state index contributed by atoms with van der Waals surface area (Å²) < 4.78 is 5.56.